The average Bonchev–Trinajstić information content (AvgIpc) is 3.22. The number of carbonyl (C=O) groups is 1. The Morgan fingerprint density at radius 2 is 1.86 bits per heavy atom. The number of aromatic amines is 1. The quantitative estimate of drug-likeness (QED) is 0.578. The van der Waals surface area contributed by atoms with Crippen molar-refractivity contribution in [2.24, 2.45) is 0 Å². The van der Waals surface area contributed by atoms with Crippen molar-refractivity contribution in [3.8, 4) is 0 Å². The molecule has 1 aromatic heterocycles. The van der Waals surface area contributed by atoms with Gasteiger partial charge in [-0.1, -0.05) is 54.6 Å². The molecule has 1 atom stereocenters. The fourth-order valence-electron chi connectivity index (χ4n) is 4.18. The van der Waals surface area contributed by atoms with E-state index in [1.807, 2.05) is 29.2 Å². The first-order valence-corrected chi connectivity index (χ1v) is 9.65. The van der Waals surface area contributed by atoms with E-state index in [-0.39, 0.29) is 11.9 Å². The Hall–Kier alpha value is -3.40. The van der Waals surface area contributed by atoms with Crippen LogP contribution in [0.5, 0.6) is 0 Å². The summed E-state index contributed by atoms with van der Waals surface area (Å²) in [6.45, 7) is 0.728. The van der Waals surface area contributed by atoms with Gasteiger partial charge in [0.25, 0.3) is 5.91 Å². The lowest BCUT2D eigenvalue weighted by atomic mass is 9.88. The highest BCUT2D eigenvalue weighted by Gasteiger charge is 2.31. The standard InChI is InChI=1S/C24H21N3O/c28-24(19-10-11-21-22(15-19)26-16-25-21)27-13-12-18-8-4-5-9-20(18)23(27)14-17-6-2-1-3-7-17/h1-11,15-16,23H,12-14H2,(H,25,26). The molecule has 1 aliphatic rings. The Labute approximate surface area is 163 Å². The zero-order valence-electron chi connectivity index (χ0n) is 15.5. The molecule has 0 spiro atoms. The molecule has 0 radical (unpaired) electrons. The maximum Gasteiger partial charge on any atom is 0.254 e. The van der Waals surface area contributed by atoms with Gasteiger partial charge in [-0.05, 0) is 47.7 Å². The van der Waals surface area contributed by atoms with Gasteiger partial charge in [-0.2, -0.15) is 0 Å². The number of rotatable bonds is 3. The van der Waals surface area contributed by atoms with Crippen LogP contribution < -0.4 is 0 Å². The van der Waals surface area contributed by atoms with Crippen LogP contribution in [0.3, 0.4) is 0 Å². The van der Waals surface area contributed by atoms with Gasteiger partial charge in [0.05, 0.1) is 23.4 Å². The second-order valence-electron chi connectivity index (χ2n) is 7.29. The highest BCUT2D eigenvalue weighted by Crippen LogP contribution is 2.33. The van der Waals surface area contributed by atoms with Crippen LogP contribution in [0.15, 0.2) is 79.1 Å². The Morgan fingerprint density at radius 1 is 1.04 bits per heavy atom. The maximum absolute atomic E-state index is 13.5. The van der Waals surface area contributed by atoms with E-state index in [0.29, 0.717) is 5.56 Å². The largest absolute Gasteiger partial charge is 0.345 e. The summed E-state index contributed by atoms with van der Waals surface area (Å²) in [6.07, 6.45) is 3.36. The number of nitrogens with one attached hydrogen (secondary N) is 1. The highest BCUT2D eigenvalue weighted by atomic mass is 16.2. The van der Waals surface area contributed by atoms with Crippen LogP contribution in [0.25, 0.3) is 11.0 Å². The maximum atomic E-state index is 13.5. The summed E-state index contributed by atoms with van der Waals surface area (Å²) in [5, 5.41) is 0. The van der Waals surface area contributed by atoms with Gasteiger partial charge in [-0.3, -0.25) is 4.79 Å². The first kappa shape index (κ1) is 16.8. The summed E-state index contributed by atoms with van der Waals surface area (Å²) < 4.78 is 0. The van der Waals surface area contributed by atoms with Crippen molar-refractivity contribution in [3.63, 3.8) is 0 Å². The number of carbonyl (C=O) groups excluding carboxylic acids is 1. The van der Waals surface area contributed by atoms with Crippen molar-refractivity contribution >= 4 is 16.9 Å². The Bertz CT molecular complexity index is 1130. The van der Waals surface area contributed by atoms with E-state index in [9.17, 15) is 4.79 Å². The van der Waals surface area contributed by atoms with Crippen LogP contribution in [0.4, 0.5) is 0 Å². The minimum Gasteiger partial charge on any atom is -0.345 e. The van der Waals surface area contributed by atoms with Crippen LogP contribution in [0.1, 0.15) is 33.1 Å². The first-order valence-electron chi connectivity index (χ1n) is 9.65. The van der Waals surface area contributed by atoms with Gasteiger partial charge in [0, 0.05) is 12.1 Å². The van der Waals surface area contributed by atoms with Gasteiger partial charge in [-0.15, -0.1) is 0 Å². The molecule has 0 saturated heterocycles. The number of amides is 1. The summed E-state index contributed by atoms with van der Waals surface area (Å²) in [6, 6.07) is 24.7. The third-order valence-electron chi connectivity index (χ3n) is 5.61. The number of hydrogen-bond donors (Lipinski definition) is 1. The number of aromatic nitrogens is 2. The van der Waals surface area contributed by atoms with Gasteiger partial charge in [0.15, 0.2) is 0 Å². The highest BCUT2D eigenvalue weighted by molar-refractivity contribution is 5.97. The van der Waals surface area contributed by atoms with E-state index >= 15 is 0 Å². The van der Waals surface area contributed by atoms with Crippen LogP contribution >= 0.6 is 0 Å². The lowest BCUT2D eigenvalue weighted by Gasteiger charge is -2.37. The molecule has 0 fully saturated rings. The molecule has 28 heavy (non-hydrogen) atoms. The topological polar surface area (TPSA) is 49.0 Å². The van der Waals surface area contributed by atoms with Gasteiger partial charge < -0.3 is 9.88 Å². The van der Waals surface area contributed by atoms with Gasteiger partial charge in [0.1, 0.15) is 0 Å². The average molecular weight is 367 g/mol. The molecule has 3 aromatic carbocycles. The SMILES string of the molecule is O=C(c1ccc2[nH]cnc2c1)N1CCc2ccccc2C1Cc1ccccc1. The molecule has 4 nitrogen and oxygen atoms in total. The van der Waals surface area contributed by atoms with Gasteiger partial charge in [-0.25, -0.2) is 4.98 Å². The summed E-state index contributed by atoms with van der Waals surface area (Å²) in [4.78, 5) is 22.9. The normalized spacial score (nSPS) is 16.1. The van der Waals surface area contributed by atoms with E-state index in [4.69, 9.17) is 0 Å². The molecule has 2 heterocycles. The van der Waals surface area contributed by atoms with Crippen LogP contribution in [-0.2, 0) is 12.8 Å². The van der Waals surface area contributed by atoms with Gasteiger partial charge >= 0.3 is 0 Å². The molecule has 1 amide bonds. The molecule has 0 bridgehead atoms. The molecular formula is C24H21N3O. The number of imidazole rings is 1. The zero-order chi connectivity index (χ0) is 18.9. The van der Waals surface area contributed by atoms with E-state index in [2.05, 4.69) is 58.5 Å². The van der Waals surface area contributed by atoms with Crippen LogP contribution in [-0.4, -0.2) is 27.3 Å². The summed E-state index contributed by atoms with van der Waals surface area (Å²) in [5.74, 6) is 0.0698. The molecule has 4 heteroatoms. The van der Waals surface area contributed by atoms with Crippen molar-refractivity contribution in [3.05, 3.63) is 101 Å². The number of hydrogen-bond acceptors (Lipinski definition) is 2. The van der Waals surface area contributed by atoms with Crippen molar-refractivity contribution in [2.45, 2.75) is 18.9 Å². The van der Waals surface area contributed by atoms with Crippen molar-refractivity contribution in [1.29, 1.82) is 0 Å². The van der Waals surface area contributed by atoms with Crippen molar-refractivity contribution in [1.82, 2.24) is 14.9 Å². The third kappa shape index (κ3) is 2.97. The third-order valence-corrected chi connectivity index (χ3v) is 5.61. The zero-order valence-corrected chi connectivity index (χ0v) is 15.5. The molecular weight excluding hydrogens is 346 g/mol. The smallest absolute Gasteiger partial charge is 0.254 e. The predicted octanol–water partition coefficient (Wildman–Crippen LogP) is 4.55. The van der Waals surface area contributed by atoms with E-state index in [1.54, 1.807) is 6.33 Å². The van der Waals surface area contributed by atoms with E-state index < -0.39 is 0 Å². The fourth-order valence-corrected chi connectivity index (χ4v) is 4.18. The number of nitrogens with zero attached hydrogens (tertiary/aromatic N) is 2. The molecule has 1 N–H and O–H groups in total. The minimum absolute atomic E-state index is 0.0368. The minimum atomic E-state index is 0.0368. The summed E-state index contributed by atoms with van der Waals surface area (Å²) in [7, 11) is 0. The second-order valence-corrected chi connectivity index (χ2v) is 7.29. The molecule has 0 aliphatic carbocycles. The Kier molecular flexibility index (Phi) is 4.17. The second kappa shape index (κ2) is 6.97. The van der Waals surface area contributed by atoms with Crippen LogP contribution in [0, 0.1) is 0 Å². The lowest BCUT2D eigenvalue weighted by Crippen LogP contribution is -2.41. The van der Waals surface area contributed by atoms with E-state index in [0.717, 1.165) is 30.4 Å². The molecule has 138 valence electrons. The van der Waals surface area contributed by atoms with E-state index in [1.165, 1.54) is 16.7 Å². The molecule has 4 aromatic rings. The monoisotopic (exact) mass is 367 g/mol. The number of benzene rings is 3. The van der Waals surface area contributed by atoms with Gasteiger partial charge in [0.2, 0.25) is 0 Å². The Balaban J connectivity index is 1.53. The summed E-state index contributed by atoms with van der Waals surface area (Å²) >= 11 is 0. The lowest BCUT2D eigenvalue weighted by molar-refractivity contribution is 0.0660. The number of fused-ring (bicyclic) bond motifs is 2. The molecule has 5 rings (SSSR count). The Morgan fingerprint density at radius 3 is 2.75 bits per heavy atom. The molecule has 1 unspecified atom stereocenters. The number of H-pyrrole nitrogens is 1. The molecule has 1 aliphatic heterocycles. The molecule has 0 saturated carbocycles. The fraction of sp³-hybridized carbons (Fsp3) is 0.167. The first-order chi connectivity index (χ1) is 13.8. The summed E-state index contributed by atoms with van der Waals surface area (Å²) in [5.41, 5.74) is 6.30. The van der Waals surface area contributed by atoms with Crippen molar-refractivity contribution in [2.75, 3.05) is 6.54 Å². The van der Waals surface area contributed by atoms with Crippen LogP contribution in [0.2, 0.25) is 0 Å². The predicted molar refractivity (Wildman–Crippen MR) is 110 cm³/mol. The van der Waals surface area contributed by atoms with Crippen molar-refractivity contribution < 1.29 is 4.79 Å².